The number of hydrogen-bond donors (Lipinski definition) is 2. The number of anilines is 3. The Morgan fingerprint density at radius 3 is 2.46 bits per heavy atom. The number of nitrogens with zero attached hydrogens (tertiary/aromatic N) is 6. The van der Waals surface area contributed by atoms with Crippen LogP contribution in [0, 0.1) is 5.92 Å². The lowest BCUT2D eigenvalue weighted by molar-refractivity contribution is -0.135. The first-order chi connectivity index (χ1) is 13.6. The van der Waals surface area contributed by atoms with E-state index in [1.54, 1.807) is 0 Å². The van der Waals surface area contributed by atoms with Crippen molar-refractivity contribution in [2.75, 3.05) is 67.5 Å². The highest BCUT2D eigenvalue weighted by molar-refractivity contribution is 5.79. The van der Waals surface area contributed by atoms with Crippen molar-refractivity contribution < 1.29 is 9.90 Å². The van der Waals surface area contributed by atoms with E-state index in [1.165, 1.54) is 0 Å². The van der Waals surface area contributed by atoms with E-state index >= 15 is 0 Å². The minimum atomic E-state index is -0.0313. The highest BCUT2D eigenvalue weighted by Crippen LogP contribution is 2.24. The van der Waals surface area contributed by atoms with Gasteiger partial charge in [0.2, 0.25) is 23.8 Å². The van der Waals surface area contributed by atoms with Gasteiger partial charge in [-0.1, -0.05) is 0 Å². The molecule has 9 nitrogen and oxygen atoms in total. The summed E-state index contributed by atoms with van der Waals surface area (Å²) >= 11 is 0. The summed E-state index contributed by atoms with van der Waals surface area (Å²) in [6.45, 7) is 13.0. The van der Waals surface area contributed by atoms with Gasteiger partial charge in [-0.2, -0.15) is 15.0 Å². The number of amides is 1. The maximum absolute atomic E-state index is 12.8. The molecule has 0 aromatic carbocycles. The summed E-state index contributed by atoms with van der Waals surface area (Å²) in [6.07, 6.45) is 1.83. The first-order valence-corrected chi connectivity index (χ1v) is 10.5. The highest BCUT2D eigenvalue weighted by atomic mass is 16.3. The van der Waals surface area contributed by atoms with Crippen LogP contribution in [0.5, 0.6) is 0 Å². The Morgan fingerprint density at radius 1 is 1.14 bits per heavy atom. The molecule has 1 atom stereocenters. The lowest BCUT2D eigenvalue weighted by Gasteiger charge is -2.35. The molecule has 28 heavy (non-hydrogen) atoms. The number of piperidine rings is 1. The first-order valence-electron chi connectivity index (χ1n) is 10.5. The third kappa shape index (κ3) is 5.43. The van der Waals surface area contributed by atoms with Crippen molar-refractivity contribution in [3.8, 4) is 0 Å². The standard InChI is InChI=1S/C19H35N7O2/c1-5-24(6-2)16(28)15-10-9-12-26(14-15)19-22-17(20-11-13-27)21-18(23-19)25(7-3)8-4/h15,27H,5-14H2,1-4H3,(H,20,21,22,23). The lowest BCUT2D eigenvalue weighted by Crippen LogP contribution is -2.45. The van der Waals surface area contributed by atoms with Crippen molar-refractivity contribution in [1.29, 1.82) is 0 Å². The molecule has 0 spiro atoms. The van der Waals surface area contributed by atoms with Crippen molar-refractivity contribution in [2.24, 2.45) is 5.92 Å². The van der Waals surface area contributed by atoms with Gasteiger partial charge in [-0.25, -0.2) is 0 Å². The van der Waals surface area contributed by atoms with E-state index in [1.807, 2.05) is 18.7 Å². The average Bonchev–Trinajstić information content (AvgIpc) is 2.74. The van der Waals surface area contributed by atoms with Gasteiger partial charge >= 0.3 is 0 Å². The van der Waals surface area contributed by atoms with Crippen LogP contribution in [0.4, 0.5) is 17.8 Å². The molecule has 1 fully saturated rings. The maximum atomic E-state index is 12.8. The molecular formula is C19H35N7O2. The number of nitrogens with one attached hydrogen (secondary N) is 1. The van der Waals surface area contributed by atoms with Gasteiger partial charge in [-0.05, 0) is 40.5 Å². The summed E-state index contributed by atoms with van der Waals surface area (Å²) in [5.74, 6) is 1.85. The van der Waals surface area contributed by atoms with Crippen LogP contribution in [0.1, 0.15) is 40.5 Å². The zero-order chi connectivity index (χ0) is 20.5. The van der Waals surface area contributed by atoms with E-state index in [-0.39, 0.29) is 18.4 Å². The van der Waals surface area contributed by atoms with E-state index < -0.39 is 0 Å². The van der Waals surface area contributed by atoms with Gasteiger partial charge in [0.15, 0.2) is 0 Å². The number of hydrogen-bond acceptors (Lipinski definition) is 8. The molecule has 0 saturated carbocycles. The van der Waals surface area contributed by atoms with Gasteiger partial charge < -0.3 is 25.1 Å². The summed E-state index contributed by atoms with van der Waals surface area (Å²) in [4.78, 5) is 32.6. The second-order valence-corrected chi connectivity index (χ2v) is 6.88. The molecule has 158 valence electrons. The Hall–Kier alpha value is -2.16. The van der Waals surface area contributed by atoms with Crippen LogP contribution < -0.4 is 15.1 Å². The van der Waals surface area contributed by atoms with Gasteiger partial charge in [0, 0.05) is 45.8 Å². The molecule has 1 aromatic rings. The van der Waals surface area contributed by atoms with E-state index in [0.29, 0.717) is 30.9 Å². The van der Waals surface area contributed by atoms with Crippen molar-refractivity contribution >= 4 is 23.8 Å². The second-order valence-electron chi connectivity index (χ2n) is 6.88. The topological polar surface area (TPSA) is 97.7 Å². The summed E-state index contributed by atoms with van der Waals surface area (Å²) in [7, 11) is 0. The fourth-order valence-corrected chi connectivity index (χ4v) is 3.54. The fraction of sp³-hybridized carbons (Fsp3) is 0.789. The maximum Gasteiger partial charge on any atom is 0.231 e. The summed E-state index contributed by atoms with van der Waals surface area (Å²) < 4.78 is 0. The van der Waals surface area contributed by atoms with Crippen LogP contribution >= 0.6 is 0 Å². The molecule has 1 amide bonds. The molecule has 1 unspecified atom stereocenters. The second kappa shape index (κ2) is 11.0. The van der Waals surface area contributed by atoms with Crippen molar-refractivity contribution in [2.45, 2.75) is 40.5 Å². The van der Waals surface area contributed by atoms with Crippen LogP contribution in [0.2, 0.25) is 0 Å². The van der Waals surface area contributed by atoms with E-state index in [2.05, 4.69) is 43.9 Å². The van der Waals surface area contributed by atoms with Gasteiger partial charge in [0.05, 0.1) is 12.5 Å². The SMILES string of the molecule is CCN(CC)C(=O)C1CCCN(c2nc(NCCO)nc(N(CC)CC)n2)C1. The molecule has 1 aliphatic heterocycles. The first kappa shape index (κ1) is 22.1. The van der Waals surface area contributed by atoms with Crippen molar-refractivity contribution in [1.82, 2.24) is 19.9 Å². The quantitative estimate of drug-likeness (QED) is 0.612. The summed E-state index contributed by atoms with van der Waals surface area (Å²) in [5, 5.41) is 12.2. The molecule has 2 N–H and O–H groups in total. The Balaban J connectivity index is 2.26. The monoisotopic (exact) mass is 393 g/mol. The van der Waals surface area contributed by atoms with Gasteiger partial charge in [0.25, 0.3) is 0 Å². The molecule has 0 bridgehead atoms. The molecule has 2 heterocycles. The number of carbonyl (C=O) groups is 1. The van der Waals surface area contributed by atoms with Crippen LogP contribution in [-0.2, 0) is 4.79 Å². The van der Waals surface area contributed by atoms with Crippen LogP contribution in [0.15, 0.2) is 0 Å². The number of rotatable bonds is 10. The average molecular weight is 394 g/mol. The van der Waals surface area contributed by atoms with Crippen LogP contribution in [0.3, 0.4) is 0 Å². The molecule has 1 aromatic heterocycles. The third-order valence-electron chi connectivity index (χ3n) is 5.18. The zero-order valence-corrected chi connectivity index (χ0v) is 17.7. The molecular weight excluding hydrogens is 358 g/mol. The molecule has 0 radical (unpaired) electrons. The van der Waals surface area contributed by atoms with Crippen molar-refractivity contribution in [3.63, 3.8) is 0 Å². The predicted octanol–water partition coefficient (Wildman–Crippen LogP) is 1.21. The Morgan fingerprint density at radius 2 is 1.86 bits per heavy atom. The summed E-state index contributed by atoms with van der Waals surface area (Å²) in [5.41, 5.74) is 0. The van der Waals surface area contributed by atoms with Crippen LogP contribution in [0.25, 0.3) is 0 Å². The largest absolute Gasteiger partial charge is 0.395 e. The smallest absolute Gasteiger partial charge is 0.231 e. The molecule has 2 rings (SSSR count). The normalized spacial score (nSPS) is 16.8. The number of aliphatic hydroxyl groups excluding tert-OH is 1. The minimum Gasteiger partial charge on any atom is -0.395 e. The van der Waals surface area contributed by atoms with Crippen LogP contribution in [-0.4, -0.2) is 83.3 Å². The molecule has 0 aliphatic carbocycles. The highest BCUT2D eigenvalue weighted by Gasteiger charge is 2.30. The van der Waals surface area contributed by atoms with Gasteiger partial charge in [-0.15, -0.1) is 0 Å². The molecule has 9 heteroatoms. The van der Waals surface area contributed by atoms with Gasteiger partial charge in [-0.3, -0.25) is 4.79 Å². The minimum absolute atomic E-state index is 0.00573. The van der Waals surface area contributed by atoms with E-state index in [4.69, 9.17) is 5.11 Å². The fourth-order valence-electron chi connectivity index (χ4n) is 3.54. The summed E-state index contributed by atoms with van der Waals surface area (Å²) in [6, 6.07) is 0. The third-order valence-corrected chi connectivity index (χ3v) is 5.18. The lowest BCUT2D eigenvalue weighted by atomic mass is 9.96. The van der Waals surface area contributed by atoms with Crippen molar-refractivity contribution in [3.05, 3.63) is 0 Å². The number of aromatic nitrogens is 3. The predicted molar refractivity (Wildman–Crippen MR) is 112 cm³/mol. The van der Waals surface area contributed by atoms with E-state index in [0.717, 1.165) is 45.6 Å². The Labute approximate surface area is 168 Å². The molecule has 1 saturated heterocycles. The number of aliphatic hydroxyl groups is 1. The zero-order valence-electron chi connectivity index (χ0n) is 17.7. The Kier molecular flexibility index (Phi) is 8.69. The molecule has 1 aliphatic rings. The Bertz CT molecular complexity index is 620. The van der Waals surface area contributed by atoms with Gasteiger partial charge in [0.1, 0.15) is 0 Å². The number of carbonyl (C=O) groups excluding carboxylic acids is 1. The van der Waals surface area contributed by atoms with E-state index in [9.17, 15) is 4.79 Å².